The first-order chi connectivity index (χ1) is 11.6. The predicted octanol–water partition coefficient (Wildman–Crippen LogP) is 3.33. The van der Waals surface area contributed by atoms with Crippen LogP contribution in [0, 0.1) is 0 Å². The molecule has 1 heterocycles. The van der Waals surface area contributed by atoms with Gasteiger partial charge in [-0.3, -0.25) is 4.79 Å². The van der Waals surface area contributed by atoms with Crippen LogP contribution >= 0.6 is 0 Å². The minimum absolute atomic E-state index is 0.305. The number of nitrogens with one attached hydrogen (secondary N) is 2. The normalized spacial score (nSPS) is 10.1. The Balaban J connectivity index is 1.95. The fourth-order valence-corrected chi connectivity index (χ4v) is 2.04. The summed E-state index contributed by atoms with van der Waals surface area (Å²) in [6.45, 7) is 3.02. The SMILES string of the molecule is CCCCNc1ccc(C(=O)Nc2ccc(C(=O)OC)cc2)nc1. The Morgan fingerprint density at radius 2 is 1.79 bits per heavy atom. The lowest BCUT2D eigenvalue weighted by Crippen LogP contribution is -2.14. The summed E-state index contributed by atoms with van der Waals surface area (Å²) in [4.78, 5) is 27.7. The van der Waals surface area contributed by atoms with Crippen molar-refractivity contribution >= 4 is 23.3 Å². The van der Waals surface area contributed by atoms with E-state index in [0.717, 1.165) is 25.1 Å². The number of carbonyl (C=O) groups is 2. The van der Waals surface area contributed by atoms with Gasteiger partial charge < -0.3 is 15.4 Å². The van der Waals surface area contributed by atoms with Crippen molar-refractivity contribution in [3.63, 3.8) is 0 Å². The smallest absolute Gasteiger partial charge is 0.337 e. The van der Waals surface area contributed by atoms with E-state index in [1.165, 1.54) is 7.11 Å². The van der Waals surface area contributed by atoms with Gasteiger partial charge in [-0.25, -0.2) is 9.78 Å². The van der Waals surface area contributed by atoms with Gasteiger partial charge in [0.2, 0.25) is 0 Å². The van der Waals surface area contributed by atoms with Crippen molar-refractivity contribution in [2.75, 3.05) is 24.3 Å². The van der Waals surface area contributed by atoms with Gasteiger partial charge in [0.05, 0.1) is 24.6 Å². The van der Waals surface area contributed by atoms with E-state index < -0.39 is 5.97 Å². The molecule has 126 valence electrons. The second-order valence-electron chi connectivity index (χ2n) is 5.24. The molecule has 24 heavy (non-hydrogen) atoms. The van der Waals surface area contributed by atoms with Gasteiger partial charge in [-0.1, -0.05) is 13.3 Å². The lowest BCUT2D eigenvalue weighted by atomic mass is 10.2. The molecular weight excluding hydrogens is 306 g/mol. The van der Waals surface area contributed by atoms with Crippen LogP contribution in [0.4, 0.5) is 11.4 Å². The van der Waals surface area contributed by atoms with Crippen LogP contribution in [0.25, 0.3) is 0 Å². The molecule has 2 N–H and O–H groups in total. The summed E-state index contributed by atoms with van der Waals surface area (Å²) in [5, 5.41) is 5.99. The number of benzene rings is 1. The molecule has 2 rings (SSSR count). The predicted molar refractivity (Wildman–Crippen MR) is 93.4 cm³/mol. The van der Waals surface area contributed by atoms with Crippen molar-refractivity contribution in [2.45, 2.75) is 19.8 Å². The zero-order valence-electron chi connectivity index (χ0n) is 13.8. The number of carbonyl (C=O) groups excluding carboxylic acids is 2. The molecule has 6 heteroatoms. The van der Waals surface area contributed by atoms with Crippen LogP contribution in [0.2, 0.25) is 0 Å². The van der Waals surface area contributed by atoms with Gasteiger partial charge in [0.1, 0.15) is 5.69 Å². The Labute approximate surface area is 141 Å². The fraction of sp³-hybridized carbons (Fsp3) is 0.278. The maximum atomic E-state index is 12.2. The second kappa shape index (κ2) is 8.67. The Morgan fingerprint density at radius 3 is 2.38 bits per heavy atom. The lowest BCUT2D eigenvalue weighted by Gasteiger charge is -2.07. The third-order valence-corrected chi connectivity index (χ3v) is 3.42. The Morgan fingerprint density at radius 1 is 1.08 bits per heavy atom. The second-order valence-corrected chi connectivity index (χ2v) is 5.24. The Bertz CT molecular complexity index is 682. The van der Waals surface area contributed by atoms with Gasteiger partial charge in [0.15, 0.2) is 0 Å². The molecule has 0 spiro atoms. The minimum Gasteiger partial charge on any atom is -0.465 e. The van der Waals surface area contributed by atoms with Crippen LogP contribution in [0.1, 0.15) is 40.6 Å². The maximum absolute atomic E-state index is 12.2. The number of hydrogen-bond acceptors (Lipinski definition) is 5. The topological polar surface area (TPSA) is 80.3 Å². The van der Waals surface area contributed by atoms with Gasteiger partial charge in [0, 0.05) is 12.2 Å². The first-order valence-corrected chi connectivity index (χ1v) is 7.83. The molecule has 2 aromatic rings. The minimum atomic E-state index is -0.416. The highest BCUT2D eigenvalue weighted by Gasteiger charge is 2.09. The van der Waals surface area contributed by atoms with Crippen LogP contribution in [-0.2, 0) is 4.74 Å². The van der Waals surface area contributed by atoms with Gasteiger partial charge in [-0.15, -0.1) is 0 Å². The molecule has 0 unspecified atom stereocenters. The number of nitrogens with zero attached hydrogens (tertiary/aromatic N) is 1. The molecule has 0 saturated heterocycles. The summed E-state index contributed by atoms with van der Waals surface area (Å²) in [6.07, 6.45) is 3.85. The molecule has 1 amide bonds. The zero-order chi connectivity index (χ0) is 17.4. The third-order valence-electron chi connectivity index (χ3n) is 3.42. The fourth-order valence-electron chi connectivity index (χ4n) is 2.04. The largest absolute Gasteiger partial charge is 0.465 e. The van der Waals surface area contributed by atoms with E-state index in [0.29, 0.717) is 16.9 Å². The quantitative estimate of drug-likeness (QED) is 0.602. The molecule has 1 aromatic carbocycles. The zero-order valence-corrected chi connectivity index (χ0v) is 13.8. The number of esters is 1. The molecule has 0 aliphatic heterocycles. The van der Waals surface area contributed by atoms with Crippen molar-refractivity contribution < 1.29 is 14.3 Å². The lowest BCUT2D eigenvalue weighted by molar-refractivity contribution is 0.0600. The average molecular weight is 327 g/mol. The van der Waals surface area contributed by atoms with E-state index in [1.807, 2.05) is 6.07 Å². The van der Waals surface area contributed by atoms with Crippen molar-refractivity contribution in [1.29, 1.82) is 0 Å². The Kier molecular flexibility index (Phi) is 6.31. The number of methoxy groups -OCH3 is 1. The first kappa shape index (κ1) is 17.5. The highest BCUT2D eigenvalue weighted by Crippen LogP contribution is 2.12. The van der Waals surface area contributed by atoms with Crippen molar-refractivity contribution in [1.82, 2.24) is 4.98 Å². The molecule has 0 fully saturated rings. The summed E-state index contributed by atoms with van der Waals surface area (Å²) in [7, 11) is 1.32. The molecule has 0 atom stereocenters. The van der Waals surface area contributed by atoms with Gasteiger partial charge in [-0.2, -0.15) is 0 Å². The van der Waals surface area contributed by atoms with Crippen molar-refractivity contribution in [3.8, 4) is 0 Å². The molecule has 6 nitrogen and oxygen atoms in total. The molecule has 0 aliphatic carbocycles. The maximum Gasteiger partial charge on any atom is 0.337 e. The van der Waals surface area contributed by atoms with E-state index in [-0.39, 0.29) is 5.91 Å². The number of unbranched alkanes of at least 4 members (excludes halogenated alkanes) is 1. The number of ether oxygens (including phenoxy) is 1. The molecule has 0 aliphatic rings. The third kappa shape index (κ3) is 4.81. The molecule has 0 bridgehead atoms. The molecule has 1 aromatic heterocycles. The number of hydrogen-bond donors (Lipinski definition) is 2. The van der Waals surface area contributed by atoms with E-state index in [2.05, 4.69) is 27.3 Å². The van der Waals surface area contributed by atoms with Gasteiger partial charge >= 0.3 is 5.97 Å². The van der Waals surface area contributed by atoms with Crippen LogP contribution in [0.5, 0.6) is 0 Å². The summed E-state index contributed by atoms with van der Waals surface area (Å²) in [5.41, 5.74) is 2.23. The van der Waals surface area contributed by atoms with Crippen molar-refractivity contribution in [3.05, 3.63) is 53.9 Å². The highest BCUT2D eigenvalue weighted by molar-refractivity contribution is 6.03. The number of aromatic nitrogens is 1. The number of rotatable bonds is 7. The van der Waals surface area contributed by atoms with E-state index in [1.54, 1.807) is 36.5 Å². The monoisotopic (exact) mass is 327 g/mol. The average Bonchev–Trinajstić information content (AvgIpc) is 2.62. The van der Waals surface area contributed by atoms with E-state index >= 15 is 0 Å². The van der Waals surface area contributed by atoms with E-state index in [4.69, 9.17) is 0 Å². The van der Waals surface area contributed by atoms with Crippen molar-refractivity contribution in [2.24, 2.45) is 0 Å². The summed E-state index contributed by atoms with van der Waals surface area (Å²) >= 11 is 0. The van der Waals surface area contributed by atoms with Gasteiger partial charge in [-0.05, 0) is 42.8 Å². The van der Waals surface area contributed by atoms with Crippen LogP contribution < -0.4 is 10.6 Å². The van der Waals surface area contributed by atoms with Crippen LogP contribution in [-0.4, -0.2) is 30.5 Å². The molecular formula is C18H21N3O3. The number of amides is 1. The molecule has 0 saturated carbocycles. The van der Waals surface area contributed by atoms with Gasteiger partial charge in [0.25, 0.3) is 5.91 Å². The number of anilines is 2. The summed E-state index contributed by atoms with van der Waals surface area (Å²) in [6, 6.07) is 9.98. The first-order valence-electron chi connectivity index (χ1n) is 7.83. The summed E-state index contributed by atoms with van der Waals surface area (Å²) in [5.74, 6) is -0.721. The van der Waals surface area contributed by atoms with E-state index in [9.17, 15) is 9.59 Å². The van der Waals surface area contributed by atoms with Crippen LogP contribution in [0.3, 0.4) is 0 Å². The van der Waals surface area contributed by atoms with Crippen LogP contribution in [0.15, 0.2) is 42.6 Å². The highest BCUT2D eigenvalue weighted by atomic mass is 16.5. The standard InChI is InChI=1S/C18H21N3O3/c1-3-4-11-19-15-9-10-16(20-12-15)17(22)21-14-7-5-13(6-8-14)18(23)24-2/h5-10,12,19H,3-4,11H2,1-2H3,(H,21,22). The Hall–Kier alpha value is -2.89. The molecule has 0 radical (unpaired) electrons. The number of pyridine rings is 1. The summed E-state index contributed by atoms with van der Waals surface area (Å²) < 4.78 is 4.63.